The zero-order chi connectivity index (χ0) is 17.4. The maximum absolute atomic E-state index is 12.1. The molecule has 22 heavy (non-hydrogen) atoms. The van der Waals surface area contributed by atoms with Crippen molar-refractivity contribution in [3.8, 4) is 0 Å². The third-order valence-corrected chi connectivity index (χ3v) is 2.82. The summed E-state index contributed by atoms with van der Waals surface area (Å²) < 4.78 is 0. The largest absolute Gasteiger partial charge is 0.396 e. The lowest BCUT2D eigenvalue weighted by atomic mass is 9.88. The highest BCUT2D eigenvalue weighted by atomic mass is 16.7. The van der Waals surface area contributed by atoms with E-state index in [4.69, 9.17) is 9.94 Å². The van der Waals surface area contributed by atoms with Crippen LogP contribution in [0.5, 0.6) is 0 Å². The van der Waals surface area contributed by atoms with E-state index in [0.29, 0.717) is 5.56 Å². The summed E-state index contributed by atoms with van der Waals surface area (Å²) in [7, 11) is 0. The minimum Gasteiger partial charge on any atom is -0.396 e. The summed E-state index contributed by atoms with van der Waals surface area (Å²) in [5, 5.41) is 9.12. The molecular formula is C17H30N2O3. The Kier molecular flexibility index (Phi) is 8.27. The van der Waals surface area contributed by atoms with Crippen molar-refractivity contribution in [2.75, 3.05) is 13.2 Å². The molecule has 0 bridgehead atoms. The molecule has 0 spiro atoms. The number of hydrogen-bond acceptors (Lipinski definition) is 4. The van der Waals surface area contributed by atoms with Gasteiger partial charge in [0.15, 0.2) is 0 Å². The molecule has 1 aromatic heterocycles. The van der Waals surface area contributed by atoms with Crippen molar-refractivity contribution in [1.29, 1.82) is 0 Å². The van der Waals surface area contributed by atoms with Gasteiger partial charge in [0, 0.05) is 17.0 Å². The first-order valence-electron chi connectivity index (χ1n) is 7.66. The lowest BCUT2D eigenvalue weighted by molar-refractivity contribution is -0.0198. The quantitative estimate of drug-likeness (QED) is 0.820. The zero-order valence-electron chi connectivity index (χ0n) is 14.9. The van der Waals surface area contributed by atoms with E-state index in [-0.39, 0.29) is 24.5 Å². The number of hydrogen-bond donors (Lipinski definition) is 2. The molecule has 0 aliphatic rings. The number of amides is 1. The normalized spacial score (nSPS) is 11.5. The van der Waals surface area contributed by atoms with Gasteiger partial charge < -0.3 is 5.11 Å². The van der Waals surface area contributed by atoms with Gasteiger partial charge in [0.1, 0.15) is 0 Å². The van der Waals surface area contributed by atoms with E-state index in [1.54, 1.807) is 18.3 Å². The number of aliphatic hydroxyl groups is 1. The van der Waals surface area contributed by atoms with Gasteiger partial charge in [-0.15, -0.1) is 0 Å². The molecule has 5 nitrogen and oxygen atoms in total. The first-order valence-corrected chi connectivity index (χ1v) is 7.66. The van der Waals surface area contributed by atoms with Crippen LogP contribution in [0.2, 0.25) is 0 Å². The van der Waals surface area contributed by atoms with Crippen LogP contribution in [0.15, 0.2) is 18.3 Å². The molecule has 1 heterocycles. The maximum atomic E-state index is 12.1. The second-order valence-corrected chi connectivity index (χ2v) is 6.69. The summed E-state index contributed by atoms with van der Waals surface area (Å²) in [6.45, 7) is 13.9. The topological polar surface area (TPSA) is 71.5 Å². The van der Waals surface area contributed by atoms with Crippen molar-refractivity contribution in [1.82, 2.24) is 10.5 Å². The first-order chi connectivity index (χ1) is 10.2. The molecule has 126 valence electrons. The van der Waals surface area contributed by atoms with Crippen molar-refractivity contribution < 1.29 is 14.7 Å². The Labute approximate surface area is 134 Å². The minimum atomic E-state index is -0.394. The van der Waals surface area contributed by atoms with Crippen LogP contribution in [-0.2, 0) is 10.3 Å². The number of pyridine rings is 1. The van der Waals surface area contributed by atoms with E-state index in [1.165, 1.54) is 0 Å². The van der Waals surface area contributed by atoms with E-state index in [1.807, 2.05) is 48.5 Å². The number of rotatable bonds is 5. The molecule has 0 atom stereocenters. The average molecular weight is 310 g/mol. The van der Waals surface area contributed by atoms with Crippen LogP contribution in [0.25, 0.3) is 0 Å². The molecule has 0 unspecified atom stereocenters. The minimum absolute atomic E-state index is 0.0109. The van der Waals surface area contributed by atoms with Crippen molar-refractivity contribution >= 4 is 5.91 Å². The molecule has 1 aromatic rings. The van der Waals surface area contributed by atoms with Crippen LogP contribution in [0.3, 0.4) is 0 Å². The van der Waals surface area contributed by atoms with Gasteiger partial charge in [0.2, 0.25) is 0 Å². The molecule has 1 amide bonds. The Balaban J connectivity index is 0.00000211. The highest BCUT2D eigenvalue weighted by Crippen LogP contribution is 2.23. The molecule has 2 N–H and O–H groups in total. The fourth-order valence-electron chi connectivity index (χ4n) is 1.58. The molecular weight excluding hydrogens is 280 g/mol. The van der Waals surface area contributed by atoms with Gasteiger partial charge in [-0.05, 0) is 12.1 Å². The molecule has 0 aliphatic carbocycles. The van der Waals surface area contributed by atoms with Crippen LogP contribution in [0.4, 0.5) is 0 Å². The molecule has 0 aromatic carbocycles. The maximum Gasteiger partial charge on any atom is 0.276 e. The average Bonchev–Trinajstić information content (AvgIpc) is 2.48. The summed E-state index contributed by atoms with van der Waals surface area (Å²) in [6, 6.07) is 3.45. The third kappa shape index (κ3) is 6.54. The van der Waals surface area contributed by atoms with E-state index < -0.39 is 5.41 Å². The van der Waals surface area contributed by atoms with Crippen LogP contribution in [0.1, 0.15) is 64.5 Å². The lowest BCUT2D eigenvalue weighted by Crippen LogP contribution is -2.33. The lowest BCUT2D eigenvalue weighted by Gasteiger charge is -2.22. The molecule has 0 saturated carbocycles. The van der Waals surface area contributed by atoms with Crippen molar-refractivity contribution in [2.24, 2.45) is 5.41 Å². The summed E-state index contributed by atoms with van der Waals surface area (Å²) in [5.41, 5.74) is 3.02. The van der Waals surface area contributed by atoms with Crippen LogP contribution in [0, 0.1) is 5.41 Å². The monoisotopic (exact) mass is 310 g/mol. The number of carbonyl (C=O) groups excluding carboxylic acids is 1. The smallest absolute Gasteiger partial charge is 0.276 e. The van der Waals surface area contributed by atoms with E-state index >= 15 is 0 Å². The van der Waals surface area contributed by atoms with E-state index in [0.717, 1.165) is 5.69 Å². The predicted octanol–water partition coefficient (Wildman–Crippen LogP) is 3.09. The third-order valence-electron chi connectivity index (χ3n) is 2.82. The SMILES string of the molecule is CC.CC(C)(CO)CONC(=O)c1cccnc1C(C)(C)C. The van der Waals surface area contributed by atoms with Gasteiger partial charge >= 0.3 is 0 Å². The Morgan fingerprint density at radius 2 is 1.86 bits per heavy atom. The highest BCUT2D eigenvalue weighted by Gasteiger charge is 2.23. The Morgan fingerprint density at radius 3 is 2.36 bits per heavy atom. The number of hydroxylamine groups is 1. The van der Waals surface area contributed by atoms with Gasteiger partial charge in [-0.2, -0.15) is 0 Å². The number of aliphatic hydroxyl groups excluding tert-OH is 1. The highest BCUT2D eigenvalue weighted by molar-refractivity contribution is 5.94. The van der Waals surface area contributed by atoms with Crippen molar-refractivity contribution in [3.63, 3.8) is 0 Å². The second-order valence-electron chi connectivity index (χ2n) is 6.69. The van der Waals surface area contributed by atoms with Crippen molar-refractivity contribution in [3.05, 3.63) is 29.6 Å². The van der Waals surface area contributed by atoms with E-state index in [9.17, 15) is 4.79 Å². The number of nitrogens with one attached hydrogen (secondary N) is 1. The van der Waals surface area contributed by atoms with Gasteiger partial charge in [-0.25, -0.2) is 5.48 Å². The molecule has 0 saturated heterocycles. The Bertz CT molecular complexity index is 465. The number of nitrogens with zero attached hydrogens (tertiary/aromatic N) is 1. The van der Waals surface area contributed by atoms with Crippen LogP contribution in [-0.4, -0.2) is 29.2 Å². The summed E-state index contributed by atoms with van der Waals surface area (Å²) in [4.78, 5) is 21.6. The summed E-state index contributed by atoms with van der Waals surface area (Å²) >= 11 is 0. The van der Waals surface area contributed by atoms with Crippen LogP contribution >= 0.6 is 0 Å². The Morgan fingerprint density at radius 1 is 1.27 bits per heavy atom. The van der Waals surface area contributed by atoms with Gasteiger partial charge in [-0.3, -0.25) is 14.6 Å². The fourth-order valence-corrected chi connectivity index (χ4v) is 1.58. The number of aromatic nitrogens is 1. The Hall–Kier alpha value is -1.46. The van der Waals surface area contributed by atoms with E-state index in [2.05, 4.69) is 10.5 Å². The molecule has 0 aliphatic heterocycles. The second kappa shape index (κ2) is 8.86. The predicted molar refractivity (Wildman–Crippen MR) is 88.6 cm³/mol. The molecule has 5 heteroatoms. The molecule has 0 fully saturated rings. The van der Waals surface area contributed by atoms with Gasteiger partial charge in [0.25, 0.3) is 5.91 Å². The molecule has 1 rings (SSSR count). The first kappa shape index (κ1) is 20.5. The number of carbonyl (C=O) groups is 1. The van der Waals surface area contributed by atoms with Crippen molar-refractivity contribution in [2.45, 2.75) is 53.9 Å². The van der Waals surface area contributed by atoms with Gasteiger partial charge in [0.05, 0.1) is 24.5 Å². The summed E-state index contributed by atoms with van der Waals surface area (Å²) in [5.74, 6) is -0.322. The molecule has 0 radical (unpaired) electrons. The fraction of sp³-hybridized carbons (Fsp3) is 0.647. The van der Waals surface area contributed by atoms with Crippen LogP contribution < -0.4 is 5.48 Å². The zero-order valence-corrected chi connectivity index (χ0v) is 14.9. The standard InChI is InChI=1S/C15H24N2O3.C2H6/c1-14(2,3)12-11(7-6-8-16-12)13(19)17-20-10-15(4,5)9-18;1-2/h6-8,18H,9-10H2,1-5H3,(H,17,19);1-2H3. The van der Waals surface area contributed by atoms with Gasteiger partial charge in [-0.1, -0.05) is 48.5 Å². The summed E-state index contributed by atoms with van der Waals surface area (Å²) in [6.07, 6.45) is 1.67.